The van der Waals surface area contributed by atoms with E-state index in [1.165, 1.54) is 0 Å². The van der Waals surface area contributed by atoms with Gasteiger partial charge in [0.05, 0.1) is 6.42 Å². The summed E-state index contributed by atoms with van der Waals surface area (Å²) in [5, 5.41) is 3.47. The highest BCUT2D eigenvalue weighted by Crippen LogP contribution is 2.17. The van der Waals surface area contributed by atoms with E-state index in [2.05, 4.69) is 10.3 Å². The molecule has 0 aliphatic heterocycles. The summed E-state index contributed by atoms with van der Waals surface area (Å²) < 4.78 is 0. The van der Waals surface area contributed by atoms with E-state index in [1.807, 2.05) is 30.5 Å². The minimum Gasteiger partial charge on any atom is -0.361 e. The van der Waals surface area contributed by atoms with E-state index < -0.39 is 0 Å². The Balaban J connectivity index is 1.87. The van der Waals surface area contributed by atoms with Crippen molar-refractivity contribution in [1.29, 1.82) is 0 Å². The molecule has 0 spiro atoms. The molecule has 0 aliphatic rings. The van der Waals surface area contributed by atoms with E-state index in [1.54, 1.807) is 0 Å². The van der Waals surface area contributed by atoms with Crippen LogP contribution in [0.1, 0.15) is 18.4 Å². The minimum atomic E-state index is -0.370. The molecule has 0 atom stereocenters. The van der Waals surface area contributed by atoms with Crippen molar-refractivity contribution < 1.29 is 9.59 Å². The van der Waals surface area contributed by atoms with Crippen LogP contribution in [0, 0.1) is 0 Å². The van der Waals surface area contributed by atoms with E-state index >= 15 is 0 Å². The molecule has 1 heterocycles. The van der Waals surface area contributed by atoms with Crippen LogP contribution >= 0.6 is 11.6 Å². The third-order valence-corrected chi connectivity index (χ3v) is 3.09. The smallest absolute Gasteiger partial charge is 0.224 e. The lowest BCUT2D eigenvalue weighted by molar-refractivity contribution is -0.120. The maximum Gasteiger partial charge on any atom is 0.224 e. The molecule has 5 heteroatoms. The van der Waals surface area contributed by atoms with Gasteiger partial charge in [0.1, 0.15) is 0 Å². The number of hydrogen-bond acceptors (Lipinski definition) is 2. The second-order valence-electron chi connectivity index (χ2n) is 4.34. The van der Waals surface area contributed by atoms with E-state index in [-0.39, 0.29) is 17.6 Å². The molecule has 0 saturated carbocycles. The molecule has 0 fully saturated rings. The lowest BCUT2D eigenvalue weighted by Gasteiger charge is -2.03. The first-order chi connectivity index (χ1) is 9.16. The van der Waals surface area contributed by atoms with Crippen LogP contribution in [0.25, 0.3) is 10.9 Å². The SMILES string of the molecule is O=C(Cl)CCCNC(=O)Cc1c[nH]c2ccccc12. The van der Waals surface area contributed by atoms with Gasteiger partial charge in [-0.05, 0) is 29.7 Å². The molecule has 0 bridgehead atoms. The van der Waals surface area contributed by atoms with Gasteiger partial charge in [0.15, 0.2) is 0 Å². The molecule has 1 aromatic carbocycles. The third-order valence-electron chi connectivity index (χ3n) is 2.90. The highest BCUT2D eigenvalue weighted by Gasteiger charge is 2.08. The van der Waals surface area contributed by atoms with Crippen LogP contribution in [-0.2, 0) is 16.0 Å². The Kier molecular flexibility index (Phi) is 4.58. The Bertz CT molecular complexity index is 592. The van der Waals surface area contributed by atoms with Crippen molar-refractivity contribution in [3.63, 3.8) is 0 Å². The number of para-hydroxylation sites is 1. The summed E-state index contributed by atoms with van der Waals surface area (Å²) in [7, 11) is 0. The molecule has 1 amide bonds. The fraction of sp³-hybridized carbons (Fsp3) is 0.286. The van der Waals surface area contributed by atoms with Crippen molar-refractivity contribution in [2.75, 3.05) is 6.54 Å². The van der Waals surface area contributed by atoms with Gasteiger partial charge < -0.3 is 10.3 Å². The monoisotopic (exact) mass is 278 g/mol. The first-order valence-electron chi connectivity index (χ1n) is 6.17. The fourth-order valence-corrected chi connectivity index (χ4v) is 2.10. The normalized spacial score (nSPS) is 10.6. The largest absolute Gasteiger partial charge is 0.361 e. The maximum atomic E-state index is 11.8. The van der Waals surface area contributed by atoms with Crippen molar-refractivity contribution in [3.8, 4) is 0 Å². The first kappa shape index (κ1) is 13.6. The Morgan fingerprint density at radius 2 is 2.05 bits per heavy atom. The summed E-state index contributed by atoms with van der Waals surface area (Å²) in [5.74, 6) is -0.0493. The summed E-state index contributed by atoms with van der Waals surface area (Å²) in [6.07, 6.45) is 3.04. The van der Waals surface area contributed by atoms with Gasteiger partial charge >= 0.3 is 0 Å². The molecule has 1 aromatic heterocycles. The number of nitrogens with one attached hydrogen (secondary N) is 2. The Labute approximate surface area is 116 Å². The molecule has 2 N–H and O–H groups in total. The summed E-state index contributed by atoms with van der Waals surface area (Å²) >= 11 is 5.22. The van der Waals surface area contributed by atoms with Crippen molar-refractivity contribution in [2.24, 2.45) is 0 Å². The van der Waals surface area contributed by atoms with Gasteiger partial charge in [-0.25, -0.2) is 0 Å². The molecule has 2 rings (SSSR count). The maximum absolute atomic E-state index is 11.8. The zero-order valence-corrected chi connectivity index (χ0v) is 11.2. The van der Waals surface area contributed by atoms with Crippen LogP contribution < -0.4 is 5.32 Å². The number of amides is 1. The second kappa shape index (κ2) is 6.38. The molecule has 0 aliphatic carbocycles. The molecule has 4 nitrogen and oxygen atoms in total. The molecule has 0 saturated heterocycles. The zero-order valence-electron chi connectivity index (χ0n) is 10.4. The molecule has 0 unspecified atom stereocenters. The molecule has 100 valence electrons. The number of H-pyrrole nitrogens is 1. The van der Waals surface area contributed by atoms with E-state index in [4.69, 9.17) is 11.6 Å². The number of carbonyl (C=O) groups excluding carboxylic acids is 2. The fourth-order valence-electron chi connectivity index (χ4n) is 1.97. The van der Waals surface area contributed by atoms with Gasteiger partial charge in [0.25, 0.3) is 0 Å². The molecule has 19 heavy (non-hydrogen) atoms. The average molecular weight is 279 g/mol. The predicted octanol–water partition coefficient (Wildman–Crippen LogP) is 2.37. The van der Waals surface area contributed by atoms with Gasteiger partial charge in [-0.2, -0.15) is 0 Å². The van der Waals surface area contributed by atoms with Crippen molar-refractivity contribution in [1.82, 2.24) is 10.3 Å². The number of aromatic nitrogens is 1. The van der Waals surface area contributed by atoms with Gasteiger partial charge in [-0.3, -0.25) is 9.59 Å². The number of benzene rings is 1. The van der Waals surface area contributed by atoms with Gasteiger partial charge in [0.2, 0.25) is 11.1 Å². The van der Waals surface area contributed by atoms with Crippen LogP contribution in [0.5, 0.6) is 0 Å². The summed E-state index contributed by atoms with van der Waals surface area (Å²) in [6.45, 7) is 0.472. The van der Waals surface area contributed by atoms with Crippen molar-refractivity contribution >= 4 is 33.7 Å². The zero-order chi connectivity index (χ0) is 13.7. The summed E-state index contributed by atoms with van der Waals surface area (Å²) in [4.78, 5) is 25.4. The van der Waals surface area contributed by atoms with E-state index in [9.17, 15) is 9.59 Å². The quantitative estimate of drug-likeness (QED) is 0.629. The number of hydrogen-bond donors (Lipinski definition) is 2. The topological polar surface area (TPSA) is 62.0 Å². The number of rotatable bonds is 6. The van der Waals surface area contributed by atoms with Gasteiger partial charge in [0, 0.05) is 30.1 Å². The average Bonchev–Trinajstić information content (AvgIpc) is 2.78. The number of aromatic amines is 1. The van der Waals surface area contributed by atoms with Crippen LogP contribution in [-0.4, -0.2) is 22.7 Å². The molecule has 0 radical (unpaired) electrons. The molecular formula is C14H15ClN2O2. The van der Waals surface area contributed by atoms with Gasteiger partial charge in [-0.15, -0.1) is 0 Å². The lowest BCUT2D eigenvalue weighted by Crippen LogP contribution is -2.26. The summed E-state index contributed by atoms with van der Waals surface area (Å²) in [5.41, 5.74) is 2.00. The summed E-state index contributed by atoms with van der Waals surface area (Å²) in [6, 6.07) is 7.86. The predicted molar refractivity (Wildman–Crippen MR) is 75.1 cm³/mol. The van der Waals surface area contributed by atoms with Crippen LogP contribution in [0.3, 0.4) is 0 Å². The van der Waals surface area contributed by atoms with Crippen molar-refractivity contribution in [2.45, 2.75) is 19.3 Å². The second-order valence-corrected chi connectivity index (χ2v) is 4.77. The van der Waals surface area contributed by atoms with Crippen LogP contribution in [0.4, 0.5) is 0 Å². The minimum absolute atomic E-state index is 0.0493. The van der Waals surface area contributed by atoms with E-state index in [0.29, 0.717) is 19.4 Å². The Morgan fingerprint density at radius 3 is 2.84 bits per heavy atom. The first-order valence-corrected chi connectivity index (χ1v) is 6.54. The standard InChI is InChI=1S/C14H15ClN2O2/c15-13(18)6-3-7-16-14(19)8-10-9-17-12-5-2-1-4-11(10)12/h1-2,4-5,9,17H,3,6-8H2,(H,16,19). The number of fused-ring (bicyclic) bond motifs is 1. The van der Waals surface area contributed by atoms with Crippen molar-refractivity contribution in [3.05, 3.63) is 36.0 Å². The Morgan fingerprint density at radius 1 is 1.26 bits per heavy atom. The third kappa shape index (κ3) is 3.83. The van der Waals surface area contributed by atoms with E-state index in [0.717, 1.165) is 16.5 Å². The Hall–Kier alpha value is -1.81. The highest BCUT2D eigenvalue weighted by atomic mass is 35.5. The molecule has 2 aromatic rings. The number of halogens is 1. The number of carbonyl (C=O) groups is 2. The molecular weight excluding hydrogens is 264 g/mol. The lowest BCUT2D eigenvalue weighted by atomic mass is 10.1. The highest BCUT2D eigenvalue weighted by molar-refractivity contribution is 6.63. The van der Waals surface area contributed by atoms with Gasteiger partial charge in [-0.1, -0.05) is 18.2 Å². The van der Waals surface area contributed by atoms with Crippen LogP contribution in [0.15, 0.2) is 30.5 Å². The van der Waals surface area contributed by atoms with Crippen LogP contribution in [0.2, 0.25) is 0 Å².